The maximum Gasteiger partial charge on any atom is 0.327 e. The van der Waals surface area contributed by atoms with E-state index in [1.165, 1.54) is 6.42 Å². The fourth-order valence-corrected chi connectivity index (χ4v) is 0.219. The van der Waals surface area contributed by atoms with Gasteiger partial charge >= 0.3 is 5.97 Å². The molecule has 0 aliphatic heterocycles. The second-order valence-electron chi connectivity index (χ2n) is 1.86. The van der Waals surface area contributed by atoms with Crippen LogP contribution < -0.4 is 0 Å². The van der Waals surface area contributed by atoms with Gasteiger partial charge in [-0.15, -0.1) is 0 Å². The third-order valence-electron chi connectivity index (χ3n) is 0.496. The van der Waals surface area contributed by atoms with Gasteiger partial charge in [-0.1, -0.05) is 33.3 Å². The zero-order chi connectivity index (χ0) is 8.41. The third-order valence-corrected chi connectivity index (χ3v) is 0.496. The fraction of sp³-hybridized carbons (Fsp3) is 0.625. The van der Waals surface area contributed by atoms with Gasteiger partial charge in [0.05, 0.1) is 0 Å². The lowest BCUT2D eigenvalue weighted by Gasteiger charge is -1.73. The van der Waals surface area contributed by atoms with E-state index in [0.29, 0.717) is 0 Å². The van der Waals surface area contributed by atoms with Crippen LogP contribution in [-0.2, 0) is 4.79 Å². The van der Waals surface area contributed by atoms with Crippen LogP contribution in [0.4, 0.5) is 0 Å². The summed E-state index contributed by atoms with van der Waals surface area (Å²) in [5, 5.41) is 7.96. The van der Waals surface area contributed by atoms with Crippen LogP contribution in [0, 0.1) is 0 Å². The smallest absolute Gasteiger partial charge is 0.327 e. The highest BCUT2D eigenvalue weighted by Gasteiger charge is 1.79. The number of allylic oxidation sites excluding steroid dienone is 1. The number of carboxylic acid groups (broad SMARTS) is 1. The Balaban J connectivity index is 0. The standard InChI is InChI=1S/C5H8O2.C3H8/c1-2-3-4-5(6)7;1-3-2/h3-4H,2H2,1H3,(H,6,7);3H2,1-2H3/b4-3+;. The van der Waals surface area contributed by atoms with Crippen LogP contribution in [0.3, 0.4) is 0 Å². The summed E-state index contributed by atoms with van der Waals surface area (Å²) in [7, 11) is 0. The van der Waals surface area contributed by atoms with Crippen LogP contribution in [0.2, 0.25) is 0 Å². The van der Waals surface area contributed by atoms with E-state index in [-0.39, 0.29) is 0 Å². The Kier molecular flexibility index (Phi) is 13.2. The molecule has 60 valence electrons. The summed E-state index contributed by atoms with van der Waals surface area (Å²) in [5.41, 5.74) is 0. The van der Waals surface area contributed by atoms with Gasteiger partial charge in [-0.25, -0.2) is 4.79 Å². The molecule has 0 rings (SSSR count). The van der Waals surface area contributed by atoms with Gasteiger partial charge in [-0.2, -0.15) is 0 Å². The van der Waals surface area contributed by atoms with Gasteiger partial charge in [0.1, 0.15) is 0 Å². The molecule has 0 bridgehead atoms. The Labute approximate surface area is 62.6 Å². The monoisotopic (exact) mass is 144 g/mol. The van der Waals surface area contributed by atoms with Crippen molar-refractivity contribution in [3.05, 3.63) is 12.2 Å². The summed E-state index contributed by atoms with van der Waals surface area (Å²) in [5.74, 6) is -0.873. The second kappa shape index (κ2) is 11.1. The fourth-order valence-electron chi connectivity index (χ4n) is 0.219. The minimum Gasteiger partial charge on any atom is -0.478 e. The molecule has 0 aliphatic carbocycles. The zero-order valence-electron chi connectivity index (χ0n) is 6.92. The highest BCUT2D eigenvalue weighted by Crippen LogP contribution is 1.76. The maximum atomic E-state index is 9.67. The van der Waals surface area contributed by atoms with Gasteiger partial charge in [0.25, 0.3) is 0 Å². The molecule has 1 N–H and O–H groups in total. The third kappa shape index (κ3) is 27.0. The van der Waals surface area contributed by atoms with Crippen molar-refractivity contribution in [1.82, 2.24) is 0 Å². The first-order valence-electron chi connectivity index (χ1n) is 3.58. The Morgan fingerprint density at radius 1 is 1.40 bits per heavy atom. The summed E-state index contributed by atoms with van der Waals surface area (Å²) >= 11 is 0. The van der Waals surface area contributed by atoms with Crippen LogP contribution >= 0.6 is 0 Å². The lowest BCUT2D eigenvalue weighted by molar-refractivity contribution is -0.131. The van der Waals surface area contributed by atoms with Gasteiger partial charge in [0, 0.05) is 6.08 Å². The van der Waals surface area contributed by atoms with Crippen molar-refractivity contribution in [2.75, 3.05) is 0 Å². The minimum atomic E-state index is -0.873. The molecule has 0 spiro atoms. The molecule has 0 aromatic rings. The Morgan fingerprint density at radius 2 is 1.80 bits per heavy atom. The van der Waals surface area contributed by atoms with Crippen molar-refractivity contribution in [1.29, 1.82) is 0 Å². The molecule has 0 saturated carbocycles. The molecule has 0 saturated heterocycles. The topological polar surface area (TPSA) is 37.3 Å². The molecule has 0 aromatic heterocycles. The quantitative estimate of drug-likeness (QED) is 0.604. The van der Waals surface area contributed by atoms with E-state index in [9.17, 15) is 4.79 Å². The highest BCUT2D eigenvalue weighted by atomic mass is 16.4. The molecule has 0 amide bonds. The van der Waals surface area contributed by atoms with E-state index in [0.717, 1.165) is 12.5 Å². The summed E-state index contributed by atoms with van der Waals surface area (Å²) in [4.78, 5) is 9.67. The minimum absolute atomic E-state index is 0.784. The Morgan fingerprint density at radius 3 is 1.90 bits per heavy atom. The van der Waals surface area contributed by atoms with Crippen LogP contribution in [0.1, 0.15) is 33.6 Å². The average molecular weight is 144 g/mol. The predicted molar refractivity (Wildman–Crippen MR) is 43.0 cm³/mol. The predicted octanol–water partition coefficient (Wildman–Crippen LogP) is 2.45. The van der Waals surface area contributed by atoms with E-state index < -0.39 is 5.97 Å². The van der Waals surface area contributed by atoms with Crippen molar-refractivity contribution >= 4 is 5.97 Å². The van der Waals surface area contributed by atoms with Crippen molar-refractivity contribution in [3.8, 4) is 0 Å². The van der Waals surface area contributed by atoms with Gasteiger partial charge in [0.2, 0.25) is 0 Å². The molecule has 2 heteroatoms. The molecule has 0 radical (unpaired) electrons. The molecular formula is C8H16O2. The molecule has 0 atom stereocenters. The largest absolute Gasteiger partial charge is 0.478 e. The molecular weight excluding hydrogens is 128 g/mol. The van der Waals surface area contributed by atoms with Gasteiger partial charge < -0.3 is 5.11 Å². The van der Waals surface area contributed by atoms with Crippen LogP contribution in [0.5, 0.6) is 0 Å². The molecule has 10 heavy (non-hydrogen) atoms. The van der Waals surface area contributed by atoms with Crippen molar-refractivity contribution in [2.24, 2.45) is 0 Å². The first kappa shape index (κ1) is 11.9. The van der Waals surface area contributed by atoms with Crippen LogP contribution in [0.15, 0.2) is 12.2 Å². The van der Waals surface area contributed by atoms with Gasteiger partial charge in [0.15, 0.2) is 0 Å². The normalized spacial score (nSPS) is 8.70. The number of hydrogen-bond acceptors (Lipinski definition) is 1. The number of hydrogen-bond donors (Lipinski definition) is 1. The Hall–Kier alpha value is -0.790. The lowest BCUT2D eigenvalue weighted by Crippen LogP contribution is -1.84. The van der Waals surface area contributed by atoms with Crippen molar-refractivity contribution in [3.63, 3.8) is 0 Å². The average Bonchev–Trinajstić information content (AvgIpc) is 1.85. The molecule has 0 heterocycles. The second-order valence-corrected chi connectivity index (χ2v) is 1.86. The first-order chi connectivity index (χ1) is 4.68. The molecule has 0 aliphatic rings. The zero-order valence-corrected chi connectivity index (χ0v) is 6.92. The van der Waals surface area contributed by atoms with E-state index in [2.05, 4.69) is 13.8 Å². The highest BCUT2D eigenvalue weighted by molar-refractivity contribution is 5.79. The van der Waals surface area contributed by atoms with Crippen molar-refractivity contribution in [2.45, 2.75) is 33.6 Å². The molecule has 0 unspecified atom stereocenters. The Bertz CT molecular complexity index is 95.4. The SMILES string of the molecule is CC/C=C/C(=O)O.CCC. The number of carbonyl (C=O) groups is 1. The summed E-state index contributed by atoms with van der Waals surface area (Å²) in [6, 6.07) is 0. The van der Waals surface area contributed by atoms with E-state index in [1.807, 2.05) is 6.92 Å². The molecule has 2 nitrogen and oxygen atoms in total. The van der Waals surface area contributed by atoms with E-state index in [1.54, 1.807) is 6.08 Å². The summed E-state index contributed by atoms with van der Waals surface area (Å²) in [6.45, 7) is 6.14. The van der Waals surface area contributed by atoms with Gasteiger partial charge in [-0.05, 0) is 6.42 Å². The lowest BCUT2D eigenvalue weighted by atomic mass is 10.4. The van der Waals surface area contributed by atoms with E-state index in [4.69, 9.17) is 5.11 Å². The van der Waals surface area contributed by atoms with Gasteiger partial charge in [-0.3, -0.25) is 0 Å². The van der Waals surface area contributed by atoms with Crippen LogP contribution in [0.25, 0.3) is 0 Å². The number of rotatable bonds is 2. The summed E-state index contributed by atoms with van der Waals surface area (Å²) in [6.07, 6.45) is 4.77. The summed E-state index contributed by atoms with van der Waals surface area (Å²) < 4.78 is 0. The maximum absolute atomic E-state index is 9.67. The van der Waals surface area contributed by atoms with E-state index >= 15 is 0 Å². The molecule has 0 fully saturated rings. The number of aliphatic carboxylic acids is 1. The molecule has 0 aromatic carbocycles. The first-order valence-corrected chi connectivity index (χ1v) is 3.58. The number of carboxylic acids is 1. The van der Waals surface area contributed by atoms with Crippen molar-refractivity contribution < 1.29 is 9.90 Å². The van der Waals surface area contributed by atoms with Crippen LogP contribution in [-0.4, -0.2) is 11.1 Å².